The van der Waals surface area contributed by atoms with Crippen molar-refractivity contribution in [2.75, 3.05) is 6.61 Å². The summed E-state index contributed by atoms with van der Waals surface area (Å²) >= 11 is 0. The van der Waals surface area contributed by atoms with Gasteiger partial charge in [0.2, 0.25) is 0 Å². The van der Waals surface area contributed by atoms with Crippen molar-refractivity contribution in [2.24, 2.45) is 10.9 Å². The van der Waals surface area contributed by atoms with E-state index in [4.69, 9.17) is 4.74 Å². The van der Waals surface area contributed by atoms with E-state index in [1.807, 2.05) is 6.92 Å². The minimum atomic E-state index is -0.588. The average Bonchev–Trinajstić information content (AvgIpc) is 2.61. The molecular weight excluding hydrogens is 318 g/mol. The summed E-state index contributed by atoms with van der Waals surface area (Å²) in [4.78, 5) is 30.1. The Kier molecular flexibility index (Phi) is 5.02. The summed E-state index contributed by atoms with van der Waals surface area (Å²) in [5.74, 6) is -1.11. The van der Waals surface area contributed by atoms with Gasteiger partial charge >= 0.3 is 5.97 Å². The molecule has 5 nitrogen and oxygen atoms in total. The van der Waals surface area contributed by atoms with Gasteiger partial charge in [0.05, 0.1) is 6.61 Å². The lowest BCUT2D eigenvalue weighted by Crippen LogP contribution is -2.38. The third-order valence-electron chi connectivity index (χ3n) is 4.87. The zero-order valence-corrected chi connectivity index (χ0v) is 14.6. The number of aliphatic imine (C=N–C) groups is 1. The number of hydrogen-bond donors (Lipinski definition) is 1. The Labute approximate surface area is 147 Å². The van der Waals surface area contributed by atoms with Crippen LogP contribution in [0.2, 0.25) is 0 Å². The fourth-order valence-corrected chi connectivity index (χ4v) is 3.76. The van der Waals surface area contributed by atoms with Gasteiger partial charge in [0.1, 0.15) is 11.7 Å². The molecule has 0 spiro atoms. The molecule has 0 fully saturated rings. The van der Waals surface area contributed by atoms with Gasteiger partial charge in [0.15, 0.2) is 5.78 Å². The summed E-state index contributed by atoms with van der Waals surface area (Å²) in [6.07, 6.45) is 2.67. The maximum Gasteiger partial charge on any atom is 0.315 e. The molecule has 1 unspecified atom stereocenters. The molecule has 1 aliphatic heterocycles. The summed E-state index contributed by atoms with van der Waals surface area (Å²) in [6, 6.07) is 6.72. The largest absolute Gasteiger partial charge is 0.508 e. The normalized spacial score (nSPS) is 23.1. The van der Waals surface area contributed by atoms with Gasteiger partial charge in [-0.3, -0.25) is 14.6 Å². The van der Waals surface area contributed by atoms with E-state index in [1.165, 1.54) is 0 Å². The molecule has 0 bridgehead atoms. The van der Waals surface area contributed by atoms with E-state index in [0.717, 1.165) is 29.8 Å². The lowest BCUT2D eigenvalue weighted by molar-refractivity contribution is -0.146. The molecule has 25 heavy (non-hydrogen) atoms. The van der Waals surface area contributed by atoms with Gasteiger partial charge in [-0.15, -0.1) is 0 Å². The maximum atomic E-state index is 12.7. The van der Waals surface area contributed by atoms with Crippen LogP contribution >= 0.6 is 0 Å². The van der Waals surface area contributed by atoms with Gasteiger partial charge in [-0.25, -0.2) is 0 Å². The number of ether oxygens (including phenoxy) is 1. The first-order valence-corrected chi connectivity index (χ1v) is 8.86. The van der Waals surface area contributed by atoms with E-state index in [-0.39, 0.29) is 24.1 Å². The van der Waals surface area contributed by atoms with Crippen molar-refractivity contribution < 1.29 is 19.4 Å². The number of phenolic OH excluding ortho intramolecular Hbond substituents is 1. The highest BCUT2D eigenvalue weighted by Gasteiger charge is 2.43. The van der Waals surface area contributed by atoms with Crippen molar-refractivity contribution in [2.45, 2.75) is 45.4 Å². The predicted octanol–water partition coefficient (Wildman–Crippen LogP) is 3.53. The first kappa shape index (κ1) is 17.4. The van der Waals surface area contributed by atoms with Crippen molar-refractivity contribution in [3.8, 4) is 5.75 Å². The minimum Gasteiger partial charge on any atom is -0.508 e. The number of hydrogen-bond acceptors (Lipinski definition) is 5. The molecule has 1 aromatic rings. The highest BCUT2D eigenvalue weighted by atomic mass is 16.5. The lowest BCUT2D eigenvalue weighted by Gasteiger charge is -2.35. The van der Waals surface area contributed by atoms with Crippen LogP contribution in [-0.4, -0.2) is 29.2 Å². The van der Waals surface area contributed by atoms with Gasteiger partial charge in [0, 0.05) is 29.3 Å². The molecule has 0 saturated carbocycles. The number of esters is 1. The van der Waals surface area contributed by atoms with E-state index in [1.54, 1.807) is 31.2 Å². The van der Waals surface area contributed by atoms with E-state index in [0.29, 0.717) is 18.4 Å². The topological polar surface area (TPSA) is 76.0 Å². The molecule has 0 radical (unpaired) electrons. The zero-order valence-electron chi connectivity index (χ0n) is 14.6. The number of aromatic hydroxyl groups is 1. The van der Waals surface area contributed by atoms with Crippen LogP contribution < -0.4 is 0 Å². The van der Waals surface area contributed by atoms with E-state index in [2.05, 4.69) is 4.99 Å². The first-order chi connectivity index (χ1) is 12.1. The first-order valence-electron chi connectivity index (χ1n) is 8.86. The van der Waals surface area contributed by atoms with Gasteiger partial charge in [-0.2, -0.15) is 0 Å². The summed E-state index contributed by atoms with van der Waals surface area (Å²) in [6.45, 7) is 4.03. The highest BCUT2D eigenvalue weighted by molar-refractivity contribution is 6.09. The average molecular weight is 341 g/mol. The zero-order chi connectivity index (χ0) is 18.0. The third kappa shape index (κ3) is 3.23. The molecule has 5 heteroatoms. The summed E-state index contributed by atoms with van der Waals surface area (Å²) < 4.78 is 5.30. The standard InChI is InChI=1S/C20H23NO4/c1-3-14-19(20(24)25-4-2)17(12-8-10-13(22)11-9-12)18-15(21-14)6-5-7-16(18)23/h8-11,17,19,22H,3-7H2,1-2H3/t17-,19?/m1/s1. The van der Waals surface area contributed by atoms with Gasteiger partial charge in [-0.05, 0) is 43.9 Å². The number of rotatable bonds is 4. The molecule has 3 rings (SSSR count). The fraction of sp³-hybridized carbons (Fsp3) is 0.450. The Morgan fingerprint density at radius 2 is 1.96 bits per heavy atom. The Morgan fingerprint density at radius 3 is 2.60 bits per heavy atom. The number of carbonyl (C=O) groups is 2. The van der Waals surface area contributed by atoms with Crippen LogP contribution in [0.1, 0.15) is 51.0 Å². The fourth-order valence-electron chi connectivity index (χ4n) is 3.76. The number of carbonyl (C=O) groups excluding carboxylic acids is 2. The monoisotopic (exact) mass is 341 g/mol. The smallest absolute Gasteiger partial charge is 0.315 e. The Bertz CT molecular complexity index is 745. The number of nitrogens with zero attached hydrogens (tertiary/aromatic N) is 1. The minimum absolute atomic E-state index is 0.0625. The van der Waals surface area contributed by atoms with Crippen molar-refractivity contribution in [3.05, 3.63) is 41.1 Å². The van der Waals surface area contributed by atoms with E-state index >= 15 is 0 Å². The van der Waals surface area contributed by atoms with Crippen molar-refractivity contribution in [1.29, 1.82) is 0 Å². The lowest BCUT2D eigenvalue weighted by atomic mass is 9.71. The second-order valence-electron chi connectivity index (χ2n) is 6.39. The molecular formula is C20H23NO4. The molecule has 2 aliphatic rings. The van der Waals surface area contributed by atoms with Gasteiger partial charge in [-0.1, -0.05) is 19.1 Å². The summed E-state index contributed by atoms with van der Waals surface area (Å²) in [5.41, 5.74) is 3.06. The number of allylic oxidation sites excluding steroid dienone is 2. The summed E-state index contributed by atoms with van der Waals surface area (Å²) in [7, 11) is 0. The quantitative estimate of drug-likeness (QED) is 0.850. The molecule has 1 aromatic carbocycles. The van der Waals surface area contributed by atoms with Gasteiger partial charge < -0.3 is 9.84 Å². The molecule has 132 valence electrons. The second-order valence-corrected chi connectivity index (χ2v) is 6.39. The van der Waals surface area contributed by atoms with Crippen LogP contribution in [-0.2, 0) is 14.3 Å². The molecule has 2 atom stereocenters. The van der Waals surface area contributed by atoms with Crippen LogP contribution in [0.3, 0.4) is 0 Å². The van der Waals surface area contributed by atoms with Crippen LogP contribution in [0.15, 0.2) is 40.5 Å². The number of Topliss-reactive ketones (excluding diaryl/α,β-unsaturated/α-hetero) is 1. The third-order valence-corrected chi connectivity index (χ3v) is 4.87. The van der Waals surface area contributed by atoms with Crippen LogP contribution in [0.5, 0.6) is 5.75 Å². The Balaban J connectivity index is 2.16. The van der Waals surface area contributed by atoms with Crippen LogP contribution in [0.4, 0.5) is 0 Å². The number of benzene rings is 1. The van der Waals surface area contributed by atoms with Crippen molar-refractivity contribution >= 4 is 17.5 Å². The molecule has 0 saturated heterocycles. The predicted molar refractivity (Wildman–Crippen MR) is 94.6 cm³/mol. The summed E-state index contributed by atoms with van der Waals surface area (Å²) in [5, 5.41) is 9.60. The Hall–Kier alpha value is -2.43. The maximum absolute atomic E-state index is 12.7. The molecule has 0 amide bonds. The molecule has 1 N–H and O–H groups in total. The van der Waals surface area contributed by atoms with Crippen molar-refractivity contribution in [3.63, 3.8) is 0 Å². The van der Waals surface area contributed by atoms with E-state index in [9.17, 15) is 14.7 Å². The van der Waals surface area contributed by atoms with Crippen LogP contribution in [0.25, 0.3) is 0 Å². The van der Waals surface area contributed by atoms with E-state index < -0.39 is 11.8 Å². The molecule has 1 aliphatic carbocycles. The highest BCUT2D eigenvalue weighted by Crippen LogP contribution is 2.44. The van der Waals surface area contributed by atoms with Crippen molar-refractivity contribution in [1.82, 2.24) is 0 Å². The molecule has 1 heterocycles. The Morgan fingerprint density at radius 1 is 1.24 bits per heavy atom. The number of ketones is 1. The number of phenols is 1. The molecule has 0 aromatic heterocycles. The van der Waals surface area contributed by atoms with Crippen LogP contribution in [0, 0.1) is 5.92 Å². The SMILES string of the molecule is CCOC(=O)C1C(CC)=NC2=C(C(=O)CCC2)[C@H]1c1ccc(O)cc1. The van der Waals surface area contributed by atoms with Gasteiger partial charge in [0.25, 0.3) is 0 Å². The second kappa shape index (κ2) is 7.21.